The zero-order valence-corrected chi connectivity index (χ0v) is 17.9. The smallest absolute Gasteiger partial charge is 0.278 e. The Bertz CT molecular complexity index is 1170. The zero-order valence-electron chi connectivity index (χ0n) is 17.9. The van der Waals surface area contributed by atoms with Crippen molar-refractivity contribution in [3.63, 3.8) is 0 Å². The summed E-state index contributed by atoms with van der Waals surface area (Å²) in [5, 5.41) is 3.10. The van der Waals surface area contributed by atoms with Gasteiger partial charge in [0.1, 0.15) is 17.2 Å². The Morgan fingerprint density at radius 1 is 0.875 bits per heavy atom. The zero-order chi connectivity index (χ0) is 22.7. The van der Waals surface area contributed by atoms with Crippen LogP contribution in [0, 0.1) is 0 Å². The van der Waals surface area contributed by atoms with E-state index in [1.165, 1.54) is 13.4 Å². The van der Waals surface area contributed by atoms with Crippen molar-refractivity contribution in [2.75, 3.05) is 26.6 Å². The summed E-state index contributed by atoms with van der Waals surface area (Å²) in [6, 6.07) is 15.5. The average Bonchev–Trinajstić information content (AvgIpc) is 3.42. The maximum atomic E-state index is 13.3. The quantitative estimate of drug-likeness (QED) is 0.541. The van der Waals surface area contributed by atoms with Crippen LogP contribution in [0.2, 0.25) is 0 Å². The number of methoxy groups -OCH3 is 3. The first-order valence-corrected chi connectivity index (χ1v) is 9.82. The first kappa shape index (κ1) is 21.0. The van der Waals surface area contributed by atoms with Crippen molar-refractivity contribution < 1.29 is 28.2 Å². The minimum Gasteiger partial charge on any atom is -0.497 e. The number of carbonyl (C=O) groups excluding carboxylic acids is 2. The predicted octanol–water partition coefficient (Wildman–Crippen LogP) is 3.70. The Kier molecular flexibility index (Phi) is 5.85. The van der Waals surface area contributed by atoms with E-state index in [0.29, 0.717) is 34.3 Å². The average molecular weight is 434 g/mol. The molecular weight excluding hydrogens is 412 g/mol. The summed E-state index contributed by atoms with van der Waals surface area (Å²) in [7, 11) is 4.63. The van der Waals surface area contributed by atoms with Gasteiger partial charge in [0.25, 0.3) is 11.8 Å². The van der Waals surface area contributed by atoms with Crippen LogP contribution in [0.5, 0.6) is 17.2 Å². The number of nitrogens with one attached hydrogen (secondary N) is 1. The first-order chi connectivity index (χ1) is 15.5. The van der Waals surface area contributed by atoms with Gasteiger partial charge >= 0.3 is 0 Å². The minimum atomic E-state index is -0.452. The molecule has 0 unspecified atom stereocenters. The van der Waals surface area contributed by atoms with Gasteiger partial charge in [0, 0.05) is 11.8 Å². The van der Waals surface area contributed by atoms with Gasteiger partial charge in [-0.05, 0) is 42.0 Å². The van der Waals surface area contributed by atoms with Crippen LogP contribution < -0.4 is 19.5 Å². The molecule has 0 aliphatic carbocycles. The molecule has 0 saturated carbocycles. The standard InChI is InChI=1S/C24H22N2O6/c1-29-17-9-6-15(7-10-17)21-22(25-16-8-11-19(30-2)20(13-16)31-3)24(28)26(23(21)27)14-18-5-4-12-32-18/h4-13,25H,14H2,1-3H3. The van der Waals surface area contributed by atoms with Gasteiger partial charge < -0.3 is 23.9 Å². The summed E-state index contributed by atoms with van der Waals surface area (Å²) in [6.07, 6.45) is 1.50. The number of ether oxygens (including phenoxy) is 3. The van der Waals surface area contributed by atoms with E-state index in [4.69, 9.17) is 18.6 Å². The monoisotopic (exact) mass is 434 g/mol. The summed E-state index contributed by atoms with van der Waals surface area (Å²) in [5.74, 6) is 1.33. The van der Waals surface area contributed by atoms with Crippen molar-refractivity contribution >= 4 is 23.1 Å². The summed E-state index contributed by atoms with van der Waals surface area (Å²) < 4.78 is 21.2. The lowest BCUT2D eigenvalue weighted by molar-refractivity contribution is -0.137. The molecule has 0 saturated heterocycles. The number of nitrogens with zero attached hydrogens (tertiary/aromatic N) is 1. The fourth-order valence-electron chi connectivity index (χ4n) is 3.48. The molecule has 2 aromatic carbocycles. The van der Waals surface area contributed by atoms with E-state index < -0.39 is 11.8 Å². The lowest BCUT2D eigenvalue weighted by Crippen LogP contribution is -2.31. The number of benzene rings is 2. The third-order valence-corrected chi connectivity index (χ3v) is 5.09. The van der Waals surface area contributed by atoms with E-state index in [0.717, 1.165) is 4.90 Å². The molecule has 1 aliphatic heterocycles. The molecule has 0 atom stereocenters. The van der Waals surface area contributed by atoms with Crippen molar-refractivity contribution in [1.82, 2.24) is 4.90 Å². The van der Waals surface area contributed by atoms with Crippen LogP contribution in [0.15, 0.2) is 71.0 Å². The fraction of sp³-hybridized carbons (Fsp3) is 0.167. The topological polar surface area (TPSA) is 90.2 Å². The molecule has 8 nitrogen and oxygen atoms in total. The molecule has 32 heavy (non-hydrogen) atoms. The van der Waals surface area contributed by atoms with Crippen molar-refractivity contribution in [3.8, 4) is 17.2 Å². The van der Waals surface area contributed by atoms with Crippen molar-refractivity contribution in [3.05, 3.63) is 77.9 Å². The number of furan rings is 1. The highest BCUT2D eigenvalue weighted by Crippen LogP contribution is 2.35. The van der Waals surface area contributed by atoms with Crippen molar-refractivity contribution in [1.29, 1.82) is 0 Å². The van der Waals surface area contributed by atoms with Crippen LogP contribution in [-0.4, -0.2) is 38.0 Å². The summed E-state index contributed by atoms with van der Waals surface area (Å²) in [4.78, 5) is 27.8. The molecule has 1 aliphatic rings. The molecule has 8 heteroatoms. The van der Waals surface area contributed by atoms with E-state index in [2.05, 4.69) is 5.32 Å². The SMILES string of the molecule is COc1ccc(C2=C(Nc3ccc(OC)c(OC)c3)C(=O)N(Cc3ccco3)C2=O)cc1. The Morgan fingerprint density at radius 2 is 1.62 bits per heavy atom. The minimum absolute atomic E-state index is 0.0292. The van der Waals surface area contributed by atoms with Gasteiger partial charge in [0.2, 0.25) is 0 Å². The number of carbonyl (C=O) groups is 2. The number of rotatable bonds is 8. The molecular formula is C24H22N2O6. The number of imide groups is 1. The van der Waals surface area contributed by atoms with Crippen molar-refractivity contribution in [2.45, 2.75) is 6.54 Å². The third kappa shape index (κ3) is 3.90. The molecule has 0 spiro atoms. The second-order valence-electron chi connectivity index (χ2n) is 6.95. The highest BCUT2D eigenvalue weighted by Gasteiger charge is 2.39. The van der Waals surface area contributed by atoms with Crippen LogP contribution in [-0.2, 0) is 16.1 Å². The summed E-state index contributed by atoms with van der Waals surface area (Å²) in [5.41, 5.74) is 1.59. The Labute approximate surface area is 185 Å². The Hall–Kier alpha value is -4.20. The van der Waals surface area contributed by atoms with E-state index >= 15 is 0 Å². The van der Waals surface area contributed by atoms with Crippen LogP contribution in [0.3, 0.4) is 0 Å². The van der Waals surface area contributed by atoms with Gasteiger partial charge in [-0.2, -0.15) is 0 Å². The maximum absolute atomic E-state index is 13.3. The maximum Gasteiger partial charge on any atom is 0.278 e. The normalized spacial score (nSPS) is 13.5. The van der Waals surface area contributed by atoms with Gasteiger partial charge in [0.05, 0.1) is 39.7 Å². The van der Waals surface area contributed by atoms with E-state index in [1.54, 1.807) is 68.8 Å². The van der Waals surface area contributed by atoms with Crippen LogP contribution in [0.1, 0.15) is 11.3 Å². The Balaban J connectivity index is 1.74. The van der Waals surface area contributed by atoms with Gasteiger partial charge in [0.15, 0.2) is 11.5 Å². The number of amides is 2. The van der Waals surface area contributed by atoms with Crippen molar-refractivity contribution in [2.24, 2.45) is 0 Å². The molecule has 0 radical (unpaired) electrons. The molecule has 4 rings (SSSR count). The fourth-order valence-corrected chi connectivity index (χ4v) is 3.48. The van der Waals surface area contributed by atoms with Gasteiger partial charge in [-0.15, -0.1) is 0 Å². The Morgan fingerprint density at radius 3 is 2.25 bits per heavy atom. The first-order valence-electron chi connectivity index (χ1n) is 9.82. The molecule has 1 aromatic heterocycles. The summed E-state index contributed by atoms with van der Waals surface area (Å²) >= 11 is 0. The van der Waals surface area contributed by atoms with Crippen LogP contribution in [0.4, 0.5) is 5.69 Å². The van der Waals surface area contributed by atoms with Crippen LogP contribution in [0.25, 0.3) is 5.57 Å². The molecule has 3 aromatic rings. The van der Waals surface area contributed by atoms with E-state index in [9.17, 15) is 9.59 Å². The second kappa shape index (κ2) is 8.89. The van der Waals surface area contributed by atoms with Gasteiger partial charge in [-0.25, -0.2) is 0 Å². The molecule has 0 fully saturated rings. The number of hydrogen-bond acceptors (Lipinski definition) is 7. The number of anilines is 1. The van der Waals surface area contributed by atoms with Gasteiger partial charge in [-0.3, -0.25) is 14.5 Å². The number of hydrogen-bond donors (Lipinski definition) is 1. The predicted molar refractivity (Wildman–Crippen MR) is 117 cm³/mol. The molecule has 164 valence electrons. The molecule has 1 N–H and O–H groups in total. The van der Waals surface area contributed by atoms with Crippen LogP contribution >= 0.6 is 0 Å². The highest BCUT2D eigenvalue weighted by molar-refractivity contribution is 6.36. The second-order valence-corrected chi connectivity index (χ2v) is 6.95. The summed E-state index contributed by atoms with van der Waals surface area (Å²) in [6.45, 7) is 0.0292. The third-order valence-electron chi connectivity index (χ3n) is 5.09. The lowest BCUT2D eigenvalue weighted by Gasteiger charge is -2.14. The molecule has 0 bridgehead atoms. The highest BCUT2D eigenvalue weighted by atomic mass is 16.5. The molecule has 2 heterocycles. The lowest BCUT2D eigenvalue weighted by atomic mass is 10.0. The van der Waals surface area contributed by atoms with E-state index in [1.807, 2.05) is 0 Å². The van der Waals surface area contributed by atoms with E-state index in [-0.39, 0.29) is 17.8 Å². The van der Waals surface area contributed by atoms with Gasteiger partial charge in [-0.1, -0.05) is 12.1 Å². The largest absolute Gasteiger partial charge is 0.497 e. The molecule has 2 amide bonds.